The second-order valence-corrected chi connectivity index (χ2v) is 6.87. The van der Waals surface area contributed by atoms with E-state index in [4.69, 9.17) is 0 Å². The second-order valence-electron chi connectivity index (χ2n) is 4.90. The molecule has 7 heteroatoms. The number of aromatic nitrogens is 3. The first kappa shape index (κ1) is 15.8. The van der Waals surface area contributed by atoms with Gasteiger partial charge in [-0.2, -0.15) is 0 Å². The summed E-state index contributed by atoms with van der Waals surface area (Å²) < 4.78 is 0. The van der Waals surface area contributed by atoms with Gasteiger partial charge in [-0.25, -0.2) is 4.98 Å². The SMILES string of the molecule is CN(C(=O)CSc1n[nH]c(Cc2cccs2)n1)c1ccccc1. The summed E-state index contributed by atoms with van der Waals surface area (Å²) in [4.78, 5) is 19.5. The standard InChI is InChI=1S/C16H16N4OS2/c1-20(12-6-3-2-4-7-12)15(21)11-23-16-17-14(18-19-16)10-13-8-5-9-22-13/h2-9H,10-11H2,1H3,(H,17,18,19). The number of hydrogen-bond acceptors (Lipinski definition) is 5. The summed E-state index contributed by atoms with van der Waals surface area (Å²) in [5.41, 5.74) is 0.881. The highest BCUT2D eigenvalue weighted by atomic mass is 32.2. The Morgan fingerprint density at radius 1 is 1.26 bits per heavy atom. The fourth-order valence-electron chi connectivity index (χ4n) is 2.02. The molecule has 0 aliphatic rings. The molecule has 0 saturated heterocycles. The third-order valence-electron chi connectivity index (χ3n) is 3.28. The number of hydrogen-bond donors (Lipinski definition) is 1. The van der Waals surface area contributed by atoms with Gasteiger partial charge in [-0.05, 0) is 23.6 Å². The van der Waals surface area contributed by atoms with E-state index < -0.39 is 0 Å². The van der Waals surface area contributed by atoms with Crippen molar-refractivity contribution in [2.24, 2.45) is 0 Å². The van der Waals surface area contributed by atoms with Crippen LogP contribution < -0.4 is 4.90 Å². The van der Waals surface area contributed by atoms with Crippen LogP contribution in [0.2, 0.25) is 0 Å². The van der Waals surface area contributed by atoms with Crippen LogP contribution in [0.15, 0.2) is 53.0 Å². The Labute approximate surface area is 142 Å². The Morgan fingerprint density at radius 2 is 2.09 bits per heavy atom. The number of thioether (sulfide) groups is 1. The Kier molecular flexibility index (Phi) is 5.09. The van der Waals surface area contributed by atoms with Crippen LogP contribution in [-0.4, -0.2) is 33.9 Å². The van der Waals surface area contributed by atoms with Gasteiger partial charge in [-0.15, -0.1) is 16.4 Å². The van der Waals surface area contributed by atoms with E-state index in [0.717, 1.165) is 17.9 Å². The first-order chi connectivity index (χ1) is 11.2. The van der Waals surface area contributed by atoms with Crippen molar-refractivity contribution in [2.75, 3.05) is 17.7 Å². The molecule has 2 heterocycles. The number of aromatic amines is 1. The van der Waals surface area contributed by atoms with Crippen molar-refractivity contribution in [3.05, 3.63) is 58.5 Å². The molecule has 1 N–H and O–H groups in total. The lowest BCUT2D eigenvalue weighted by molar-refractivity contribution is -0.115. The summed E-state index contributed by atoms with van der Waals surface area (Å²) in [7, 11) is 1.78. The Morgan fingerprint density at radius 3 is 2.83 bits per heavy atom. The molecule has 0 aliphatic heterocycles. The average molecular weight is 344 g/mol. The van der Waals surface area contributed by atoms with Gasteiger partial charge < -0.3 is 4.90 Å². The minimum atomic E-state index is 0.0193. The summed E-state index contributed by atoms with van der Waals surface area (Å²) in [6, 6.07) is 13.7. The van der Waals surface area contributed by atoms with Crippen molar-refractivity contribution < 1.29 is 4.79 Å². The average Bonchev–Trinajstić information content (AvgIpc) is 3.25. The van der Waals surface area contributed by atoms with E-state index in [9.17, 15) is 4.79 Å². The van der Waals surface area contributed by atoms with Crippen molar-refractivity contribution >= 4 is 34.7 Å². The number of carbonyl (C=O) groups is 1. The molecule has 5 nitrogen and oxygen atoms in total. The van der Waals surface area contributed by atoms with Crippen LogP contribution in [0.3, 0.4) is 0 Å². The van der Waals surface area contributed by atoms with Crippen molar-refractivity contribution in [3.8, 4) is 0 Å². The van der Waals surface area contributed by atoms with Gasteiger partial charge in [0.25, 0.3) is 0 Å². The Bertz CT molecular complexity index is 756. The van der Waals surface area contributed by atoms with Gasteiger partial charge in [0.05, 0.1) is 5.75 Å². The fraction of sp³-hybridized carbons (Fsp3) is 0.188. The molecule has 3 rings (SSSR count). The van der Waals surface area contributed by atoms with Crippen LogP contribution in [0.25, 0.3) is 0 Å². The smallest absolute Gasteiger partial charge is 0.237 e. The molecule has 1 amide bonds. The van der Waals surface area contributed by atoms with Crippen molar-refractivity contribution in [2.45, 2.75) is 11.6 Å². The van der Waals surface area contributed by atoms with E-state index in [0.29, 0.717) is 10.9 Å². The first-order valence-corrected chi connectivity index (χ1v) is 8.97. The molecule has 0 bridgehead atoms. The summed E-state index contributed by atoms with van der Waals surface area (Å²) in [5.74, 6) is 1.14. The lowest BCUT2D eigenvalue weighted by Gasteiger charge is -2.16. The van der Waals surface area contributed by atoms with Gasteiger partial charge in [-0.1, -0.05) is 36.0 Å². The third kappa shape index (κ3) is 4.20. The zero-order valence-corrected chi connectivity index (χ0v) is 14.2. The minimum absolute atomic E-state index is 0.0193. The van der Waals surface area contributed by atoms with E-state index >= 15 is 0 Å². The van der Waals surface area contributed by atoms with Gasteiger partial charge >= 0.3 is 0 Å². The minimum Gasteiger partial charge on any atom is -0.315 e. The van der Waals surface area contributed by atoms with E-state index in [2.05, 4.69) is 21.2 Å². The second kappa shape index (κ2) is 7.43. The topological polar surface area (TPSA) is 61.9 Å². The molecule has 0 atom stereocenters. The van der Waals surface area contributed by atoms with Crippen LogP contribution in [0.1, 0.15) is 10.7 Å². The first-order valence-electron chi connectivity index (χ1n) is 7.10. The number of benzene rings is 1. The summed E-state index contributed by atoms with van der Waals surface area (Å²) in [6.07, 6.45) is 0.739. The molecule has 0 saturated carbocycles. The Hall–Kier alpha value is -2.12. The highest BCUT2D eigenvalue weighted by Gasteiger charge is 2.13. The Balaban J connectivity index is 1.54. The molecule has 118 valence electrons. The molecule has 0 radical (unpaired) electrons. The van der Waals surface area contributed by atoms with E-state index in [1.165, 1.54) is 16.6 Å². The molecule has 0 fully saturated rings. The number of rotatable bonds is 6. The zero-order valence-electron chi connectivity index (χ0n) is 12.6. The molecule has 1 aromatic carbocycles. The number of anilines is 1. The largest absolute Gasteiger partial charge is 0.315 e. The number of nitrogens with one attached hydrogen (secondary N) is 1. The highest BCUT2D eigenvalue weighted by Crippen LogP contribution is 2.18. The van der Waals surface area contributed by atoms with Crippen LogP contribution in [-0.2, 0) is 11.2 Å². The van der Waals surface area contributed by atoms with E-state index in [1.54, 1.807) is 23.3 Å². The fourth-order valence-corrected chi connectivity index (χ4v) is 3.46. The number of para-hydroxylation sites is 1. The maximum absolute atomic E-state index is 12.2. The monoisotopic (exact) mass is 344 g/mol. The predicted molar refractivity (Wildman–Crippen MR) is 94.1 cm³/mol. The van der Waals surface area contributed by atoms with Crippen LogP contribution >= 0.6 is 23.1 Å². The summed E-state index contributed by atoms with van der Waals surface area (Å²) >= 11 is 3.04. The number of nitrogens with zero attached hydrogens (tertiary/aromatic N) is 3. The van der Waals surface area contributed by atoms with Crippen molar-refractivity contribution in [3.63, 3.8) is 0 Å². The lowest BCUT2D eigenvalue weighted by atomic mass is 10.3. The predicted octanol–water partition coefficient (Wildman–Crippen LogP) is 3.21. The molecule has 0 spiro atoms. The van der Waals surface area contributed by atoms with Crippen LogP contribution in [0, 0.1) is 0 Å². The quantitative estimate of drug-likeness (QED) is 0.698. The number of thiophene rings is 1. The third-order valence-corrected chi connectivity index (χ3v) is 4.98. The van der Waals surface area contributed by atoms with Gasteiger partial charge in [0.2, 0.25) is 11.1 Å². The molecular formula is C16H16N4OS2. The molecule has 3 aromatic rings. The molecule has 2 aromatic heterocycles. The van der Waals surface area contributed by atoms with Gasteiger partial charge in [0.1, 0.15) is 5.82 Å². The summed E-state index contributed by atoms with van der Waals surface area (Å²) in [6.45, 7) is 0. The number of carbonyl (C=O) groups excluding carboxylic acids is 1. The van der Waals surface area contributed by atoms with Gasteiger partial charge in [0.15, 0.2) is 0 Å². The maximum atomic E-state index is 12.2. The van der Waals surface area contributed by atoms with E-state index in [1.807, 2.05) is 41.8 Å². The molecular weight excluding hydrogens is 328 g/mol. The van der Waals surface area contributed by atoms with Crippen LogP contribution in [0.5, 0.6) is 0 Å². The van der Waals surface area contributed by atoms with E-state index in [-0.39, 0.29) is 5.91 Å². The highest BCUT2D eigenvalue weighted by molar-refractivity contribution is 7.99. The van der Waals surface area contributed by atoms with Gasteiger partial charge in [-0.3, -0.25) is 9.89 Å². The van der Waals surface area contributed by atoms with Gasteiger partial charge in [0, 0.05) is 24.0 Å². The number of amides is 1. The molecule has 23 heavy (non-hydrogen) atoms. The number of H-pyrrole nitrogens is 1. The zero-order chi connectivity index (χ0) is 16.1. The maximum Gasteiger partial charge on any atom is 0.237 e. The molecule has 0 unspecified atom stereocenters. The normalized spacial score (nSPS) is 10.7. The van der Waals surface area contributed by atoms with Crippen molar-refractivity contribution in [1.29, 1.82) is 0 Å². The van der Waals surface area contributed by atoms with Crippen LogP contribution in [0.4, 0.5) is 5.69 Å². The summed E-state index contributed by atoms with van der Waals surface area (Å²) in [5, 5.41) is 9.73. The lowest BCUT2D eigenvalue weighted by Crippen LogP contribution is -2.27. The molecule has 0 aliphatic carbocycles. The van der Waals surface area contributed by atoms with Crippen molar-refractivity contribution in [1.82, 2.24) is 15.2 Å².